The molecule has 5 heteroatoms. The number of carbonyl (C=O) groups excluding carboxylic acids is 1. The summed E-state index contributed by atoms with van der Waals surface area (Å²) in [4.78, 5) is 11.4. The second-order valence-corrected chi connectivity index (χ2v) is 5.85. The summed E-state index contributed by atoms with van der Waals surface area (Å²) in [5.41, 5.74) is 2.67. The van der Waals surface area contributed by atoms with E-state index in [0.717, 1.165) is 17.4 Å². The van der Waals surface area contributed by atoms with Crippen molar-refractivity contribution >= 4 is 17.7 Å². The topological polar surface area (TPSA) is 68.3 Å². The first kappa shape index (κ1) is 13.5. The van der Waals surface area contributed by atoms with Gasteiger partial charge in [-0.25, -0.2) is 5.84 Å². The third-order valence-electron chi connectivity index (χ3n) is 3.42. The third-order valence-corrected chi connectivity index (χ3v) is 4.61. The van der Waals surface area contributed by atoms with E-state index in [0.29, 0.717) is 11.3 Å². The van der Waals surface area contributed by atoms with Crippen molar-refractivity contribution in [1.29, 1.82) is 0 Å². The van der Waals surface area contributed by atoms with Crippen molar-refractivity contribution in [2.75, 3.05) is 5.75 Å². The number of nitrogens with two attached hydrogens (primary N) is 1. The second-order valence-electron chi connectivity index (χ2n) is 4.82. The van der Waals surface area contributed by atoms with E-state index in [-0.39, 0.29) is 5.91 Å². The molecule has 4 nitrogen and oxygen atoms in total. The Hall–Kier alpha value is -0.940. The van der Waals surface area contributed by atoms with Gasteiger partial charge in [-0.2, -0.15) is 11.8 Å². The van der Waals surface area contributed by atoms with Crippen molar-refractivity contribution in [2.45, 2.75) is 38.4 Å². The predicted molar refractivity (Wildman–Crippen MR) is 73.2 cm³/mol. The first-order chi connectivity index (χ1) is 8.70. The first-order valence-electron chi connectivity index (χ1n) is 6.38. The average Bonchev–Trinajstić information content (AvgIpc) is 2.98. The van der Waals surface area contributed by atoms with Gasteiger partial charge in [-0.3, -0.25) is 10.2 Å². The number of hydrogen-bond donors (Lipinski definition) is 2. The number of hydrazine groups is 1. The highest BCUT2D eigenvalue weighted by Gasteiger charge is 2.16. The number of thioether (sulfide) groups is 1. The molecule has 3 N–H and O–H groups in total. The number of nitrogen functional groups attached to an aromatic ring is 1. The molecule has 0 spiro atoms. The summed E-state index contributed by atoms with van der Waals surface area (Å²) in [5.74, 6) is 9.21. The largest absolute Gasteiger partial charge is 0.465 e. The van der Waals surface area contributed by atoms with Gasteiger partial charge in [-0.1, -0.05) is 12.8 Å². The molecular weight excluding hydrogens is 248 g/mol. The fraction of sp³-hybridized carbons (Fsp3) is 0.615. The average molecular weight is 268 g/mol. The fourth-order valence-corrected chi connectivity index (χ4v) is 3.55. The van der Waals surface area contributed by atoms with Crippen LogP contribution in [0.15, 0.2) is 10.5 Å². The number of carbonyl (C=O) groups is 1. The van der Waals surface area contributed by atoms with Gasteiger partial charge in [0.15, 0.2) is 0 Å². The van der Waals surface area contributed by atoms with Crippen LogP contribution in [0.5, 0.6) is 0 Å². The van der Waals surface area contributed by atoms with Crippen LogP contribution < -0.4 is 11.3 Å². The van der Waals surface area contributed by atoms with Crippen LogP contribution in [0.4, 0.5) is 0 Å². The zero-order valence-electron chi connectivity index (χ0n) is 10.7. The number of hydrogen-bond acceptors (Lipinski definition) is 4. The lowest BCUT2D eigenvalue weighted by Crippen LogP contribution is -2.30. The molecule has 0 saturated heterocycles. The highest BCUT2D eigenvalue weighted by atomic mass is 32.2. The number of nitrogens with one attached hydrogen (secondary N) is 1. The minimum absolute atomic E-state index is 0.289. The van der Waals surface area contributed by atoms with Crippen LogP contribution in [0, 0.1) is 12.8 Å². The molecule has 100 valence electrons. The standard InChI is InChI=1S/C13H20N2O2S/c1-9-12(13(16)15-14)6-11(17-9)8-18-7-10-4-2-3-5-10/h6,10H,2-5,7-8,14H2,1H3,(H,15,16). The van der Waals surface area contributed by atoms with E-state index in [1.54, 1.807) is 13.0 Å². The number of furan rings is 1. The van der Waals surface area contributed by atoms with Crippen molar-refractivity contribution in [2.24, 2.45) is 11.8 Å². The zero-order valence-corrected chi connectivity index (χ0v) is 11.5. The number of rotatable bonds is 5. The van der Waals surface area contributed by atoms with Crippen molar-refractivity contribution in [3.05, 3.63) is 23.2 Å². The Labute approximate surface area is 112 Å². The van der Waals surface area contributed by atoms with Gasteiger partial charge < -0.3 is 4.42 Å². The quantitative estimate of drug-likeness (QED) is 0.489. The molecule has 0 aromatic carbocycles. The van der Waals surface area contributed by atoms with Gasteiger partial charge in [0.1, 0.15) is 11.5 Å². The minimum Gasteiger partial charge on any atom is -0.465 e. The maximum absolute atomic E-state index is 11.4. The van der Waals surface area contributed by atoms with Crippen molar-refractivity contribution < 1.29 is 9.21 Å². The monoisotopic (exact) mass is 268 g/mol. The first-order valence-corrected chi connectivity index (χ1v) is 7.54. The van der Waals surface area contributed by atoms with E-state index in [9.17, 15) is 4.79 Å². The molecule has 0 aliphatic heterocycles. The lowest BCUT2D eigenvalue weighted by Gasteiger charge is -2.06. The van der Waals surface area contributed by atoms with Crippen LogP contribution >= 0.6 is 11.8 Å². The van der Waals surface area contributed by atoms with Crippen LogP contribution in [0.25, 0.3) is 0 Å². The molecule has 1 amide bonds. The molecule has 1 aromatic heterocycles. The fourth-order valence-electron chi connectivity index (χ4n) is 2.42. The maximum atomic E-state index is 11.4. The molecule has 1 fully saturated rings. The van der Waals surface area contributed by atoms with E-state index in [1.165, 1.54) is 31.4 Å². The molecule has 1 heterocycles. The molecular formula is C13H20N2O2S. The number of amides is 1. The summed E-state index contributed by atoms with van der Waals surface area (Å²) in [6.45, 7) is 1.79. The summed E-state index contributed by atoms with van der Waals surface area (Å²) >= 11 is 1.89. The Bertz CT molecular complexity index is 411. The summed E-state index contributed by atoms with van der Waals surface area (Å²) in [7, 11) is 0. The second kappa shape index (κ2) is 6.29. The van der Waals surface area contributed by atoms with Gasteiger partial charge >= 0.3 is 0 Å². The summed E-state index contributed by atoms with van der Waals surface area (Å²) in [5, 5.41) is 0. The van der Waals surface area contributed by atoms with E-state index >= 15 is 0 Å². The lowest BCUT2D eigenvalue weighted by molar-refractivity contribution is 0.0952. The van der Waals surface area contributed by atoms with Crippen LogP contribution in [-0.2, 0) is 5.75 Å². The van der Waals surface area contributed by atoms with Gasteiger partial charge in [0.25, 0.3) is 5.91 Å². The molecule has 0 bridgehead atoms. The predicted octanol–water partition coefficient (Wildman–Crippen LogP) is 2.61. The summed E-state index contributed by atoms with van der Waals surface area (Å²) in [6, 6.07) is 1.79. The Morgan fingerprint density at radius 2 is 2.28 bits per heavy atom. The van der Waals surface area contributed by atoms with Crippen molar-refractivity contribution in [3.8, 4) is 0 Å². The van der Waals surface area contributed by atoms with Crippen LogP contribution in [0.3, 0.4) is 0 Å². The van der Waals surface area contributed by atoms with Crippen LogP contribution in [0.2, 0.25) is 0 Å². The normalized spacial score (nSPS) is 16.1. The maximum Gasteiger partial charge on any atom is 0.268 e. The van der Waals surface area contributed by atoms with Crippen LogP contribution in [-0.4, -0.2) is 11.7 Å². The van der Waals surface area contributed by atoms with Gasteiger partial charge in [-0.05, 0) is 37.5 Å². The Morgan fingerprint density at radius 3 is 2.94 bits per heavy atom. The van der Waals surface area contributed by atoms with Gasteiger partial charge in [-0.15, -0.1) is 0 Å². The third kappa shape index (κ3) is 3.29. The molecule has 18 heavy (non-hydrogen) atoms. The van der Waals surface area contributed by atoms with E-state index in [1.807, 2.05) is 11.8 Å². The molecule has 0 unspecified atom stereocenters. The molecule has 1 aliphatic carbocycles. The highest BCUT2D eigenvalue weighted by molar-refractivity contribution is 7.98. The van der Waals surface area contributed by atoms with Crippen molar-refractivity contribution in [1.82, 2.24) is 5.43 Å². The van der Waals surface area contributed by atoms with Crippen molar-refractivity contribution in [3.63, 3.8) is 0 Å². The van der Waals surface area contributed by atoms with Gasteiger partial charge in [0.05, 0.1) is 11.3 Å². The molecule has 1 aliphatic rings. The summed E-state index contributed by atoms with van der Waals surface area (Å²) < 4.78 is 5.57. The zero-order chi connectivity index (χ0) is 13.0. The molecule has 0 atom stereocenters. The Balaban J connectivity index is 1.83. The SMILES string of the molecule is Cc1oc(CSCC2CCCC2)cc1C(=O)NN. The molecule has 0 radical (unpaired) electrons. The van der Waals surface area contributed by atoms with E-state index < -0.39 is 0 Å². The van der Waals surface area contributed by atoms with Crippen LogP contribution in [0.1, 0.15) is 47.6 Å². The van der Waals surface area contributed by atoms with E-state index in [2.05, 4.69) is 5.43 Å². The molecule has 2 rings (SSSR count). The molecule has 1 saturated carbocycles. The smallest absolute Gasteiger partial charge is 0.268 e. The lowest BCUT2D eigenvalue weighted by atomic mass is 10.1. The van der Waals surface area contributed by atoms with Gasteiger partial charge in [0, 0.05) is 0 Å². The molecule has 1 aromatic rings. The highest BCUT2D eigenvalue weighted by Crippen LogP contribution is 2.29. The van der Waals surface area contributed by atoms with Gasteiger partial charge in [0.2, 0.25) is 0 Å². The van der Waals surface area contributed by atoms with E-state index in [4.69, 9.17) is 10.3 Å². The Morgan fingerprint density at radius 1 is 1.56 bits per heavy atom. The minimum atomic E-state index is -0.289. The number of aryl methyl sites for hydroxylation is 1. The Kier molecular flexibility index (Phi) is 4.72. The summed E-state index contributed by atoms with van der Waals surface area (Å²) in [6.07, 6.45) is 5.49.